The lowest BCUT2D eigenvalue weighted by Crippen LogP contribution is -2.47. The van der Waals surface area contributed by atoms with Crippen molar-refractivity contribution in [3.63, 3.8) is 0 Å². The molecule has 5 nitrogen and oxygen atoms in total. The van der Waals surface area contributed by atoms with Crippen molar-refractivity contribution in [1.29, 1.82) is 0 Å². The van der Waals surface area contributed by atoms with E-state index in [1.165, 1.54) is 13.5 Å². The summed E-state index contributed by atoms with van der Waals surface area (Å²) >= 11 is 0. The van der Waals surface area contributed by atoms with Gasteiger partial charge in [0.25, 0.3) is 0 Å². The summed E-state index contributed by atoms with van der Waals surface area (Å²) in [5.41, 5.74) is 0. The number of carbonyl (C=O) groups excluding carboxylic acids is 2. The molecule has 0 bridgehead atoms. The highest BCUT2D eigenvalue weighted by atomic mass is 16.5. The minimum absolute atomic E-state index is 0.176. The Bertz CT molecular complexity index is 323. The number of esters is 1. The molecule has 0 aromatic rings. The third kappa shape index (κ3) is 5.49. The molecule has 1 rings (SSSR count). The molecule has 0 aromatic carbocycles. The van der Waals surface area contributed by atoms with Gasteiger partial charge in [-0.05, 0) is 24.8 Å². The first-order chi connectivity index (χ1) is 9.46. The SMILES string of the molecule is CCN(CCC(=O)OC)CC(=O)N1CC(C)CC(C)C1. The van der Waals surface area contributed by atoms with Gasteiger partial charge in [0.05, 0.1) is 20.1 Å². The van der Waals surface area contributed by atoms with Crippen LogP contribution in [0.15, 0.2) is 0 Å². The fourth-order valence-electron chi connectivity index (χ4n) is 2.86. The molecule has 0 N–H and O–H groups in total. The zero-order valence-electron chi connectivity index (χ0n) is 13.2. The second kappa shape index (κ2) is 8.25. The van der Waals surface area contributed by atoms with E-state index in [-0.39, 0.29) is 11.9 Å². The first kappa shape index (κ1) is 17.0. The highest BCUT2D eigenvalue weighted by Gasteiger charge is 2.26. The molecule has 1 aliphatic rings. The van der Waals surface area contributed by atoms with Gasteiger partial charge in [0, 0.05) is 19.6 Å². The molecule has 2 unspecified atom stereocenters. The van der Waals surface area contributed by atoms with Gasteiger partial charge in [0.1, 0.15) is 0 Å². The minimum Gasteiger partial charge on any atom is -0.469 e. The Morgan fingerprint density at radius 2 is 1.85 bits per heavy atom. The van der Waals surface area contributed by atoms with Gasteiger partial charge in [0.15, 0.2) is 0 Å². The van der Waals surface area contributed by atoms with E-state index in [0.29, 0.717) is 31.3 Å². The Balaban J connectivity index is 2.43. The van der Waals surface area contributed by atoms with Crippen molar-refractivity contribution in [2.24, 2.45) is 11.8 Å². The van der Waals surface area contributed by atoms with E-state index in [1.54, 1.807) is 0 Å². The Labute approximate surface area is 122 Å². The second-order valence-electron chi connectivity index (χ2n) is 5.94. The molecule has 0 saturated carbocycles. The molecule has 1 aliphatic heterocycles. The number of hydrogen-bond acceptors (Lipinski definition) is 4. The molecule has 1 saturated heterocycles. The van der Waals surface area contributed by atoms with Gasteiger partial charge in [-0.2, -0.15) is 0 Å². The molecule has 20 heavy (non-hydrogen) atoms. The lowest BCUT2D eigenvalue weighted by Gasteiger charge is -2.36. The number of rotatable bonds is 6. The van der Waals surface area contributed by atoms with Crippen molar-refractivity contribution in [3.05, 3.63) is 0 Å². The van der Waals surface area contributed by atoms with Crippen molar-refractivity contribution in [2.75, 3.05) is 39.8 Å². The molecule has 0 aromatic heterocycles. The lowest BCUT2D eigenvalue weighted by molar-refractivity contribution is -0.142. The maximum absolute atomic E-state index is 12.3. The summed E-state index contributed by atoms with van der Waals surface area (Å²) in [6, 6.07) is 0. The van der Waals surface area contributed by atoms with Crippen LogP contribution in [-0.2, 0) is 14.3 Å². The van der Waals surface area contributed by atoms with Gasteiger partial charge in [-0.3, -0.25) is 14.5 Å². The summed E-state index contributed by atoms with van der Waals surface area (Å²) in [6.45, 7) is 9.86. The molecule has 0 spiro atoms. The van der Waals surface area contributed by atoms with Crippen LogP contribution in [0.3, 0.4) is 0 Å². The predicted molar refractivity (Wildman–Crippen MR) is 78.3 cm³/mol. The summed E-state index contributed by atoms with van der Waals surface area (Å²) in [5.74, 6) is 1.10. The van der Waals surface area contributed by atoms with Crippen LogP contribution in [0.25, 0.3) is 0 Å². The first-order valence-electron chi connectivity index (χ1n) is 7.53. The molecule has 5 heteroatoms. The number of piperidine rings is 1. The van der Waals surface area contributed by atoms with E-state index in [2.05, 4.69) is 18.6 Å². The zero-order valence-corrected chi connectivity index (χ0v) is 13.2. The molecular formula is C15H28N2O3. The summed E-state index contributed by atoms with van der Waals surface area (Å²) in [6.07, 6.45) is 1.54. The number of hydrogen-bond donors (Lipinski definition) is 0. The van der Waals surface area contributed by atoms with E-state index in [0.717, 1.165) is 19.6 Å². The number of nitrogens with zero attached hydrogens (tertiary/aromatic N) is 2. The highest BCUT2D eigenvalue weighted by molar-refractivity contribution is 5.78. The largest absolute Gasteiger partial charge is 0.469 e. The highest BCUT2D eigenvalue weighted by Crippen LogP contribution is 2.21. The molecule has 1 heterocycles. The van der Waals surface area contributed by atoms with Crippen molar-refractivity contribution in [2.45, 2.75) is 33.6 Å². The predicted octanol–water partition coefficient (Wildman–Crippen LogP) is 1.38. The zero-order chi connectivity index (χ0) is 15.1. The molecule has 1 amide bonds. The standard InChI is InChI=1S/C15H28N2O3/c1-5-16(7-6-15(19)20-4)11-14(18)17-9-12(2)8-13(3)10-17/h12-13H,5-11H2,1-4H3. The lowest BCUT2D eigenvalue weighted by atomic mass is 9.92. The first-order valence-corrected chi connectivity index (χ1v) is 7.53. The van der Waals surface area contributed by atoms with Gasteiger partial charge >= 0.3 is 5.97 Å². The van der Waals surface area contributed by atoms with Crippen LogP contribution in [-0.4, -0.2) is 61.5 Å². The third-order valence-electron chi connectivity index (χ3n) is 3.89. The number of likely N-dealkylation sites (tertiary alicyclic amines) is 1. The fraction of sp³-hybridized carbons (Fsp3) is 0.867. The van der Waals surface area contributed by atoms with Crippen molar-refractivity contribution < 1.29 is 14.3 Å². The Morgan fingerprint density at radius 1 is 1.25 bits per heavy atom. The Kier molecular flexibility index (Phi) is 6.99. The number of methoxy groups -OCH3 is 1. The van der Waals surface area contributed by atoms with Crippen LogP contribution >= 0.6 is 0 Å². The summed E-state index contributed by atoms with van der Waals surface area (Å²) in [7, 11) is 1.39. The van der Waals surface area contributed by atoms with E-state index in [4.69, 9.17) is 0 Å². The molecular weight excluding hydrogens is 256 g/mol. The van der Waals surface area contributed by atoms with Crippen molar-refractivity contribution >= 4 is 11.9 Å². The fourth-order valence-corrected chi connectivity index (χ4v) is 2.86. The van der Waals surface area contributed by atoms with Gasteiger partial charge in [0.2, 0.25) is 5.91 Å². The third-order valence-corrected chi connectivity index (χ3v) is 3.89. The topological polar surface area (TPSA) is 49.9 Å². The van der Waals surface area contributed by atoms with Crippen LogP contribution in [0.2, 0.25) is 0 Å². The van der Waals surface area contributed by atoms with E-state index >= 15 is 0 Å². The van der Waals surface area contributed by atoms with Crippen molar-refractivity contribution in [1.82, 2.24) is 9.80 Å². The number of ether oxygens (including phenoxy) is 1. The van der Waals surface area contributed by atoms with E-state index in [9.17, 15) is 9.59 Å². The van der Waals surface area contributed by atoms with Crippen LogP contribution in [0.5, 0.6) is 0 Å². The van der Waals surface area contributed by atoms with Crippen molar-refractivity contribution in [3.8, 4) is 0 Å². The molecule has 1 fully saturated rings. The van der Waals surface area contributed by atoms with E-state index < -0.39 is 0 Å². The summed E-state index contributed by atoms with van der Waals surface area (Å²) in [4.78, 5) is 27.5. The average molecular weight is 284 g/mol. The molecule has 116 valence electrons. The van der Waals surface area contributed by atoms with Crippen LogP contribution < -0.4 is 0 Å². The normalized spacial score (nSPS) is 22.9. The summed E-state index contributed by atoms with van der Waals surface area (Å²) < 4.78 is 4.63. The summed E-state index contributed by atoms with van der Waals surface area (Å²) in [5, 5.41) is 0. The Morgan fingerprint density at radius 3 is 2.35 bits per heavy atom. The molecule has 0 aliphatic carbocycles. The van der Waals surface area contributed by atoms with Gasteiger partial charge in [-0.25, -0.2) is 0 Å². The van der Waals surface area contributed by atoms with Gasteiger partial charge < -0.3 is 9.64 Å². The van der Waals surface area contributed by atoms with E-state index in [1.807, 2.05) is 16.7 Å². The number of likely N-dealkylation sites (N-methyl/N-ethyl adjacent to an activating group) is 1. The number of carbonyl (C=O) groups is 2. The minimum atomic E-state index is -0.226. The van der Waals surface area contributed by atoms with Crippen LogP contribution in [0.4, 0.5) is 0 Å². The average Bonchev–Trinajstić information content (AvgIpc) is 2.41. The van der Waals surface area contributed by atoms with Crippen LogP contribution in [0, 0.1) is 11.8 Å². The van der Waals surface area contributed by atoms with Crippen LogP contribution in [0.1, 0.15) is 33.6 Å². The smallest absolute Gasteiger partial charge is 0.306 e. The quantitative estimate of drug-likeness (QED) is 0.691. The second-order valence-corrected chi connectivity index (χ2v) is 5.94. The van der Waals surface area contributed by atoms with Gasteiger partial charge in [-0.1, -0.05) is 20.8 Å². The number of amides is 1. The molecule has 0 radical (unpaired) electrons. The monoisotopic (exact) mass is 284 g/mol. The van der Waals surface area contributed by atoms with Gasteiger partial charge in [-0.15, -0.1) is 0 Å². The Hall–Kier alpha value is -1.10. The maximum atomic E-state index is 12.3. The maximum Gasteiger partial charge on any atom is 0.306 e. The molecule has 2 atom stereocenters.